The lowest BCUT2D eigenvalue weighted by atomic mass is 10.1. The van der Waals surface area contributed by atoms with Gasteiger partial charge >= 0.3 is 0 Å². The second-order valence-electron chi connectivity index (χ2n) is 4.36. The van der Waals surface area contributed by atoms with E-state index in [-0.39, 0.29) is 49.2 Å². The Morgan fingerprint density at radius 3 is 1.84 bits per heavy atom. The lowest BCUT2D eigenvalue weighted by Crippen LogP contribution is -2.43. The molecule has 0 aromatic rings. The van der Waals surface area contributed by atoms with Crippen molar-refractivity contribution in [2.24, 2.45) is 5.92 Å². The van der Waals surface area contributed by atoms with Crippen molar-refractivity contribution in [1.29, 1.82) is 0 Å². The molecule has 7 nitrogen and oxygen atoms in total. The summed E-state index contributed by atoms with van der Waals surface area (Å²) >= 11 is 0. The third kappa shape index (κ3) is 4.90. The van der Waals surface area contributed by atoms with Crippen LogP contribution in [0, 0.1) is 5.92 Å². The summed E-state index contributed by atoms with van der Waals surface area (Å²) in [4.78, 5) is 45.8. The van der Waals surface area contributed by atoms with Crippen molar-refractivity contribution in [3.63, 3.8) is 0 Å². The molecule has 7 heteroatoms. The van der Waals surface area contributed by atoms with Gasteiger partial charge in [0.05, 0.1) is 0 Å². The van der Waals surface area contributed by atoms with Gasteiger partial charge in [0.1, 0.15) is 0 Å². The summed E-state index contributed by atoms with van der Waals surface area (Å²) in [7, 11) is 0. The fourth-order valence-electron chi connectivity index (χ4n) is 1.65. The first kappa shape index (κ1) is 14.9. The Morgan fingerprint density at radius 2 is 1.47 bits per heavy atom. The summed E-state index contributed by atoms with van der Waals surface area (Å²) in [5.41, 5.74) is 0. The summed E-state index contributed by atoms with van der Waals surface area (Å²) in [5, 5.41) is 5.23. The van der Waals surface area contributed by atoms with Crippen LogP contribution < -0.4 is 10.6 Å². The van der Waals surface area contributed by atoms with Crippen LogP contribution in [0.25, 0.3) is 0 Å². The molecule has 4 amide bonds. The first-order chi connectivity index (χ1) is 8.90. The molecule has 0 atom stereocenters. The first-order valence-electron chi connectivity index (χ1n) is 5.92. The van der Waals surface area contributed by atoms with Crippen molar-refractivity contribution in [3.8, 4) is 0 Å². The minimum atomic E-state index is -0.374. The van der Waals surface area contributed by atoms with Crippen LogP contribution in [0.4, 0.5) is 0 Å². The van der Waals surface area contributed by atoms with Gasteiger partial charge in [-0.25, -0.2) is 0 Å². The maximum absolute atomic E-state index is 11.4. The number of rotatable bonds is 6. The highest BCUT2D eigenvalue weighted by molar-refractivity contribution is 6.12. The van der Waals surface area contributed by atoms with E-state index in [0.29, 0.717) is 0 Å². The van der Waals surface area contributed by atoms with Crippen molar-refractivity contribution in [2.45, 2.75) is 13.8 Å². The van der Waals surface area contributed by atoms with Gasteiger partial charge in [0.25, 0.3) is 11.8 Å². The Bertz CT molecular complexity index is 395. The SMILES string of the molecule is CC(=O)NCC(CNC(C)=O)CN1C(=O)C=CC1=O. The zero-order valence-electron chi connectivity index (χ0n) is 10.9. The second kappa shape index (κ2) is 6.67. The van der Waals surface area contributed by atoms with Crippen molar-refractivity contribution in [2.75, 3.05) is 19.6 Å². The van der Waals surface area contributed by atoms with E-state index in [9.17, 15) is 19.2 Å². The fourth-order valence-corrected chi connectivity index (χ4v) is 1.65. The molecule has 19 heavy (non-hydrogen) atoms. The van der Waals surface area contributed by atoms with Crippen molar-refractivity contribution in [3.05, 3.63) is 12.2 Å². The van der Waals surface area contributed by atoms with E-state index in [1.807, 2.05) is 0 Å². The molecule has 0 saturated heterocycles. The zero-order chi connectivity index (χ0) is 14.4. The summed E-state index contributed by atoms with van der Waals surface area (Å²) in [6.45, 7) is 3.48. The highest BCUT2D eigenvalue weighted by Crippen LogP contribution is 2.07. The van der Waals surface area contributed by atoms with E-state index in [2.05, 4.69) is 10.6 Å². The molecule has 0 unspecified atom stereocenters. The predicted octanol–water partition coefficient (Wildman–Crippen LogP) is -1.20. The maximum atomic E-state index is 11.4. The van der Waals surface area contributed by atoms with Gasteiger partial charge in [-0.05, 0) is 0 Å². The summed E-state index contributed by atoms with van der Waals surface area (Å²) in [6, 6.07) is 0. The Kier molecular flexibility index (Phi) is 5.23. The van der Waals surface area contributed by atoms with Gasteiger partial charge in [0, 0.05) is 51.6 Å². The van der Waals surface area contributed by atoms with Crippen molar-refractivity contribution < 1.29 is 19.2 Å². The minimum absolute atomic E-state index is 0.158. The smallest absolute Gasteiger partial charge is 0.253 e. The molecule has 0 radical (unpaired) electrons. The van der Waals surface area contributed by atoms with E-state index in [1.165, 1.54) is 26.0 Å². The molecule has 0 aliphatic carbocycles. The van der Waals surface area contributed by atoms with E-state index in [4.69, 9.17) is 0 Å². The molecule has 1 heterocycles. The number of imide groups is 1. The number of carbonyl (C=O) groups excluding carboxylic acids is 4. The number of carbonyl (C=O) groups is 4. The van der Waals surface area contributed by atoms with Gasteiger partial charge in [-0.2, -0.15) is 0 Å². The first-order valence-corrected chi connectivity index (χ1v) is 5.92. The monoisotopic (exact) mass is 267 g/mol. The number of nitrogens with zero attached hydrogens (tertiary/aromatic N) is 1. The molecule has 0 bridgehead atoms. The van der Waals surface area contributed by atoms with Gasteiger partial charge in [-0.15, -0.1) is 0 Å². The highest BCUT2D eigenvalue weighted by Gasteiger charge is 2.26. The van der Waals surface area contributed by atoms with Gasteiger partial charge in [-0.1, -0.05) is 0 Å². The normalized spacial score (nSPS) is 14.2. The van der Waals surface area contributed by atoms with Gasteiger partial charge < -0.3 is 10.6 Å². The highest BCUT2D eigenvalue weighted by atomic mass is 16.2. The van der Waals surface area contributed by atoms with Gasteiger partial charge in [-0.3, -0.25) is 24.1 Å². The van der Waals surface area contributed by atoms with Crippen LogP contribution in [0.15, 0.2) is 12.2 Å². The maximum Gasteiger partial charge on any atom is 0.253 e. The molecule has 104 valence electrons. The van der Waals surface area contributed by atoms with Gasteiger partial charge in [0.15, 0.2) is 0 Å². The molecular weight excluding hydrogens is 250 g/mol. The van der Waals surface area contributed by atoms with Crippen LogP contribution in [0.1, 0.15) is 13.8 Å². The summed E-state index contributed by atoms with van der Waals surface area (Å²) in [6.07, 6.45) is 2.41. The average molecular weight is 267 g/mol. The summed E-state index contributed by atoms with van der Waals surface area (Å²) in [5.74, 6) is -1.38. The Hall–Kier alpha value is -2.18. The number of amides is 4. The molecule has 1 rings (SSSR count). The van der Waals surface area contributed by atoms with Crippen LogP contribution in [0.5, 0.6) is 0 Å². The van der Waals surface area contributed by atoms with Crippen molar-refractivity contribution >= 4 is 23.6 Å². The van der Waals surface area contributed by atoms with E-state index in [0.717, 1.165) is 4.90 Å². The molecule has 1 aliphatic heterocycles. The topological polar surface area (TPSA) is 95.6 Å². The van der Waals surface area contributed by atoms with E-state index >= 15 is 0 Å². The molecular formula is C12H17N3O4. The molecule has 0 aromatic heterocycles. The molecule has 0 aromatic carbocycles. The van der Waals surface area contributed by atoms with E-state index < -0.39 is 0 Å². The van der Waals surface area contributed by atoms with Crippen LogP contribution in [-0.4, -0.2) is 48.2 Å². The predicted molar refractivity (Wildman–Crippen MR) is 66.7 cm³/mol. The number of hydrogen-bond acceptors (Lipinski definition) is 4. The Labute approximate surface area is 111 Å². The standard InChI is InChI=1S/C12H17N3O4/c1-8(16)13-5-10(6-14-9(2)17)7-15-11(18)3-4-12(15)19/h3-4,10H,5-7H2,1-2H3,(H,13,16)(H,14,17). The third-order valence-corrected chi connectivity index (χ3v) is 2.62. The molecule has 2 N–H and O–H groups in total. The third-order valence-electron chi connectivity index (χ3n) is 2.62. The molecule has 0 saturated carbocycles. The van der Waals surface area contributed by atoms with Crippen LogP contribution in [-0.2, 0) is 19.2 Å². The summed E-state index contributed by atoms with van der Waals surface area (Å²) < 4.78 is 0. The van der Waals surface area contributed by atoms with Gasteiger partial charge in [0.2, 0.25) is 11.8 Å². The Morgan fingerprint density at radius 1 is 1.05 bits per heavy atom. The molecule has 0 spiro atoms. The van der Waals surface area contributed by atoms with Crippen LogP contribution in [0.3, 0.4) is 0 Å². The lowest BCUT2D eigenvalue weighted by Gasteiger charge is -2.22. The average Bonchev–Trinajstić information content (AvgIpc) is 2.63. The molecule has 1 aliphatic rings. The largest absolute Gasteiger partial charge is 0.356 e. The Balaban J connectivity index is 2.57. The quantitative estimate of drug-likeness (QED) is 0.591. The molecule has 0 fully saturated rings. The fraction of sp³-hybridized carbons (Fsp3) is 0.500. The zero-order valence-corrected chi connectivity index (χ0v) is 10.9. The van der Waals surface area contributed by atoms with E-state index in [1.54, 1.807) is 0 Å². The number of hydrogen-bond donors (Lipinski definition) is 2. The minimum Gasteiger partial charge on any atom is -0.356 e. The second-order valence-corrected chi connectivity index (χ2v) is 4.36. The van der Waals surface area contributed by atoms with Crippen molar-refractivity contribution in [1.82, 2.24) is 15.5 Å². The number of nitrogens with one attached hydrogen (secondary N) is 2. The van der Waals surface area contributed by atoms with Crippen LogP contribution in [0.2, 0.25) is 0 Å². The lowest BCUT2D eigenvalue weighted by molar-refractivity contribution is -0.137. The van der Waals surface area contributed by atoms with Crippen LogP contribution >= 0.6 is 0 Å².